The van der Waals surface area contributed by atoms with Crippen LogP contribution in [-0.4, -0.2) is 27.3 Å². The molecule has 0 bridgehead atoms. The van der Waals surface area contributed by atoms with Crippen molar-refractivity contribution in [1.29, 1.82) is 0 Å². The van der Waals surface area contributed by atoms with Crippen LogP contribution in [0.4, 0.5) is 0 Å². The van der Waals surface area contributed by atoms with Crippen molar-refractivity contribution < 1.29 is 4.74 Å². The van der Waals surface area contributed by atoms with E-state index in [0.717, 1.165) is 5.75 Å². The first-order valence-electron chi connectivity index (χ1n) is 7.33. The second kappa shape index (κ2) is 8.38. The lowest BCUT2D eigenvalue weighted by atomic mass is 10.2. The molecule has 1 heterocycles. The van der Waals surface area contributed by atoms with Crippen molar-refractivity contribution in [2.24, 2.45) is 5.10 Å². The van der Waals surface area contributed by atoms with Crippen LogP contribution in [0.5, 0.6) is 5.75 Å². The van der Waals surface area contributed by atoms with Gasteiger partial charge in [-0.2, -0.15) is 9.78 Å². The van der Waals surface area contributed by atoms with Gasteiger partial charge in [-0.15, -0.1) is 10.2 Å². The minimum Gasteiger partial charge on any atom is -0.486 e. The van der Waals surface area contributed by atoms with E-state index < -0.39 is 0 Å². The first-order chi connectivity index (χ1) is 12.2. The van der Waals surface area contributed by atoms with Crippen molar-refractivity contribution in [2.75, 3.05) is 6.26 Å². The molecule has 25 heavy (non-hydrogen) atoms. The highest BCUT2D eigenvalue weighted by Crippen LogP contribution is 2.23. The SMILES string of the molecule is CSc1nnc(COc2ccccc2)n1/N=C\c1c(Cl)cccc1Cl. The summed E-state index contributed by atoms with van der Waals surface area (Å²) in [5.74, 6) is 1.33. The Kier molecular flexibility index (Phi) is 5.96. The van der Waals surface area contributed by atoms with Crippen molar-refractivity contribution >= 4 is 41.2 Å². The summed E-state index contributed by atoms with van der Waals surface area (Å²) < 4.78 is 7.35. The standard InChI is InChI=1S/C17H14Cl2N4OS/c1-25-17-22-21-16(11-24-12-6-3-2-4-7-12)23(17)20-10-13-14(18)8-5-9-15(13)19/h2-10H,11H2,1H3/b20-10-. The van der Waals surface area contributed by atoms with Crippen LogP contribution in [0.1, 0.15) is 11.4 Å². The quantitative estimate of drug-likeness (QED) is 0.447. The molecule has 0 amide bonds. The van der Waals surface area contributed by atoms with Crippen LogP contribution in [0.25, 0.3) is 0 Å². The third-order valence-electron chi connectivity index (χ3n) is 3.27. The molecule has 0 saturated carbocycles. The Morgan fingerprint density at radius 1 is 1.08 bits per heavy atom. The van der Waals surface area contributed by atoms with Gasteiger partial charge in [-0.1, -0.05) is 59.2 Å². The first-order valence-corrected chi connectivity index (χ1v) is 9.31. The number of para-hydroxylation sites is 1. The Labute approximate surface area is 159 Å². The molecule has 0 N–H and O–H groups in total. The minimum atomic E-state index is 0.241. The van der Waals surface area contributed by atoms with E-state index in [1.54, 1.807) is 29.1 Å². The molecule has 0 aliphatic rings. The molecule has 0 atom stereocenters. The van der Waals surface area contributed by atoms with Crippen LogP contribution < -0.4 is 4.74 Å². The zero-order valence-electron chi connectivity index (χ0n) is 13.3. The molecule has 2 aromatic carbocycles. The van der Waals surface area contributed by atoms with Crippen LogP contribution >= 0.6 is 35.0 Å². The molecular weight excluding hydrogens is 379 g/mol. The molecule has 0 radical (unpaired) electrons. The molecule has 0 aliphatic heterocycles. The second-order valence-corrected chi connectivity index (χ2v) is 6.48. The van der Waals surface area contributed by atoms with Gasteiger partial charge in [-0.3, -0.25) is 0 Å². The minimum absolute atomic E-state index is 0.241. The fraction of sp³-hybridized carbons (Fsp3) is 0.118. The Hall–Kier alpha value is -2.02. The predicted molar refractivity (Wildman–Crippen MR) is 102 cm³/mol. The summed E-state index contributed by atoms with van der Waals surface area (Å²) in [4.78, 5) is 0. The maximum atomic E-state index is 6.18. The van der Waals surface area contributed by atoms with Gasteiger partial charge in [-0.25, -0.2) is 0 Å². The zero-order valence-corrected chi connectivity index (χ0v) is 15.6. The smallest absolute Gasteiger partial charge is 0.211 e. The van der Waals surface area contributed by atoms with E-state index in [4.69, 9.17) is 27.9 Å². The summed E-state index contributed by atoms with van der Waals surface area (Å²) in [6, 6.07) is 14.8. The predicted octanol–water partition coefficient (Wildman–Crippen LogP) is 4.77. The van der Waals surface area contributed by atoms with Gasteiger partial charge in [0, 0.05) is 5.56 Å². The van der Waals surface area contributed by atoms with E-state index in [2.05, 4.69) is 15.3 Å². The van der Waals surface area contributed by atoms with Crippen molar-refractivity contribution in [3.63, 3.8) is 0 Å². The molecule has 0 unspecified atom stereocenters. The number of ether oxygens (including phenoxy) is 1. The van der Waals surface area contributed by atoms with E-state index in [-0.39, 0.29) is 6.61 Å². The van der Waals surface area contributed by atoms with Crippen molar-refractivity contribution in [2.45, 2.75) is 11.8 Å². The van der Waals surface area contributed by atoms with E-state index in [1.165, 1.54) is 11.8 Å². The summed E-state index contributed by atoms with van der Waals surface area (Å²) in [5.41, 5.74) is 0.640. The number of nitrogens with zero attached hydrogens (tertiary/aromatic N) is 4. The van der Waals surface area contributed by atoms with Crippen LogP contribution in [-0.2, 0) is 6.61 Å². The van der Waals surface area contributed by atoms with Crippen LogP contribution in [0.15, 0.2) is 58.8 Å². The highest BCUT2D eigenvalue weighted by atomic mass is 35.5. The summed E-state index contributed by atoms with van der Waals surface area (Å²) in [7, 11) is 0. The Bertz CT molecular complexity index is 863. The summed E-state index contributed by atoms with van der Waals surface area (Å²) >= 11 is 13.8. The fourth-order valence-corrected chi connectivity index (χ4v) is 2.99. The van der Waals surface area contributed by atoms with Gasteiger partial charge in [0.15, 0.2) is 5.82 Å². The third-order valence-corrected chi connectivity index (χ3v) is 4.55. The largest absolute Gasteiger partial charge is 0.486 e. The Morgan fingerprint density at radius 2 is 1.80 bits per heavy atom. The van der Waals surface area contributed by atoms with Gasteiger partial charge in [0.25, 0.3) is 0 Å². The van der Waals surface area contributed by atoms with Crippen LogP contribution in [0.3, 0.4) is 0 Å². The average Bonchev–Trinajstić information content (AvgIpc) is 3.02. The number of thioether (sulfide) groups is 1. The number of hydrogen-bond acceptors (Lipinski definition) is 5. The molecule has 8 heteroatoms. The van der Waals surface area contributed by atoms with Gasteiger partial charge < -0.3 is 4.74 Å². The first kappa shape index (κ1) is 17.8. The number of aromatic nitrogens is 3. The van der Waals surface area contributed by atoms with Crippen molar-refractivity contribution in [3.05, 3.63) is 70.0 Å². The Morgan fingerprint density at radius 3 is 2.48 bits per heavy atom. The summed E-state index contributed by atoms with van der Waals surface area (Å²) in [6.45, 7) is 0.241. The lowest BCUT2D eigenvalue weighted by Gasteiger charge is -2.06. The molecular formula is C17H14Cl2N4OS. The van der Waals surface area contributed by atoms with Crippen molar-refractivity contribution in [3.8, 4) is 5.75 Å². The van der Waals surface area contributed by atoms with Crippen LogP contribution in [0, 0.1) is 0 Å². The van der Waals surface area contributed by atoms with Gasteiger partial charge >= 0.3 is 0 Å². The average molecular weight is 393 g/mol. The zero-order chi connectivity index (χ0) is 17.6. The second-order valence-electron chi connectivity index (χ2n) is 4.90. The van der Waals surface area contributed by atoms with Crippen LogP contribution in [0.2, 0.25) is 10.0 Å². The topological polar surface area (TPSA) is 52.3 Å². The molecule has 0 aliphatic carbocycles. The maximum Gasteiger partial charge on any atom is 0.211 e. The van der Waals surface area contributed by atoms with E-state index in [0.29, 0.717) is 26.6 Å². The lowest BCUT2D eigenvalue weighted by Crippen LogP contribution is -2.05. The molecule has 128 valence electrons. The van der Waals surface area contributed by atoms with E-state index >= 15 is 0 Å². The summed E-state index contributed by atoms with van der Waals surface area (Å²) in [6.07, 6.45) is 3.50. The monoisotopic (exact) mass is 392 g/mol. The lowest BCUT2D eigenvalue weighted by molar-refractivity contribution is 0.290. The number of benzene rings is 2. The van der Waals surface area contributed by atoms with Gasteiger partial charge in [0.1, 0.15) is 12.4 Å². The Balaban J connectivity index is 1.85. The fourth-order valence-electron chi connectivity index (χ4n) is 2.04. The van der Waals surface area contributed by atoms with E-state index in [1.807, 2.05) is 36.6 Å². The highest BCUT2D eigenvalue weighted by molar-refractivity contribution is 7.98. The van der Waals surface area contributed by atoms with Gasteiger partial charge in [0.05, 0.1) is 16.3 Å². The third kappa shape index (κ3) is 4.34. The molecule has 0 spiro atoms. The molecule has 5 nitrogen and oxygen atoms in total. The maximum absolute atomic E-state index is 6.18. The molecule has 0 saturated heterocycles. The van der Waals surface area contributed by atoms with Gasteiger partial charge in [-0.05, 0) is 30.5 Å². The van der Waals surface area contributed by atoms with E-state index in [9.17, 15) is 0 Å². The number of hydrogen-bond donors (Lipinski definition) is 0. The molecule has 0 fully saturated rings. The highest BCUT2D eigenvalue weighted by Gasteiger charge is 2.12. The molecule has 1 aromatic heterocycles. The van der Waals surface area contributed by atoms with Crippen molar-refractivity contribution in [1.82, 2.24) is 14.9 Å². The normalized spacial score (nSPS) is 11.2. The van der Waals surface area contributed by atoms with Gasteiger partial charge in [0.2, 0.25) is 5.16 Å². The number of halogens is 2. The molecule has 3 rings (SSSR count). The number of rotatable bonds is 6. The molecule has 3 aromatic rings. The summed E-state index contributed by atoms with van der Waals surface area (Å²) in [5, 5.41) is 14.4.